The number of hydrogen-bond donors (Lipinski definition) is 0. The molecule has 228 valence electrons. The molecule has 3 heterocycles. The summed E-state index contributed by atoms with van der Waals surface area (Å²) in [6, 6.07) is 21.8. The van der Waals surface area contributed by atoms with Crippen LogP contribution in [0.15, 0.2) is 83.8 Å². The number of nitrogens with zero attached hydrogens (tertiary/aromatic N) is 6. The van der Waals surface area contributed by atoms with Crippen LogP contribution in [0.1, 0.15) is 34.6 Å². The van der Waals surface area contributed by atoms with Crippen molar-refractivity contribution in [1.29, 1.82) is 0 Å². The Morgan fingerprint density at radius 3 is 2.32 bits per heavy atom. The van der Waals surface area contributed by atoms with E-state index in [-0.39, 0.29) is 18.0 Å². The Morgan fingerprint density at radius 1 is 0.841 bits per heavy atom. The molecule has 0 N–H and O–H groups in total. The van der Waals surface area contributed by atoms with Gasteiger partial charge in [0.1, 0.15) is 11.6 Å². The van der Waals surface area contributed by atoms with E-state index >= 15 is 0 Å². The van der Waals surface area contributed by atoms with Crippen LogP contribution >= 0.6 is 0 Å². The SMILES string of the molecule is Cc1ccc(Cc2nc(N3CCCN(S(=O)(=O)c4cccc(C(F)(F)F)c4)CC3)c3c(C)nn(-c4ccccc4)c3n2)cc1. The van der Waals surface area contributed by atoms with E-state index in [1.165, 1.54) is 10.4 Å². The summed E-state index contributed by atoms with van der Waals surface area (Å²) < 4.78 is 70.0. The molecule has 1 fully saturated rings. The van der Waals surface area contributed by atoms with Gasteiger partial charge in [0.15, 0.2) is 5.65 Å². The minimum absolute atomic E-state index is 0.0865. The topological polar surface area (TPSA) is 84.2 Å². The maximum atomic E-state index is 13.5. The Labute approximate surface area is 253 Å². The molecule has 8 nitrogen and oxygen atoms in total. The molecular weight excluding hydrogens is 589 g/mol. The Kier molecular flexibility index (Phi) is 7.89. The Morgan fingerprint density at radius 2 is 1.59 bits per heavy atom. The molecule has 0 radical (unpaired) electrons. The second-order valence-electron chi connectivity index (χ2n) is 10.9. The van der Waals surface area contributed by atoms with Gasteiger partial charge >= 0.3 is 6.18 Å². The molecule has 0 atom stereocenters. The molecule has 0 aliphatic carbocycles. The molecule has 1 aliphatic rings. The third-order valence-electron chi connectivity index (χ3n) is 7.77. The van der Waals surface area contributed by atoms with Crippen molar-refractivity contribution in [3.05, 3.63) is 107 Å². The van der Waals surface area contributed by atoms with E-state index in [1.807, 2.05) is 73.3 Å². The van der Waals surface area contributed by atoms with Gasteiger partial charge < -0.3 is 4.90 Å². The number of benzene rings is 3. The average molecular weight is 621 g/mol. The summed E-state index contributed by atoms with van der Waals surface area (Å²) in [5, 5.41) is 5.58. The summed E-state index contributed by atoms with van der Waals surface area (Å²) in [4.78, 5) is 11.6. The molecule has 0 bridgehead atoms. The summed E-state index contributed by atoms with van der Waals surface area (Å²) in [6.07, 6.45) is -3.69. The van der Waals surface area contributed by atoms with Crippen molar-refractivity contribution in [1.82, 2.24) is 24.1 Å². The molecule has 1 aliphatic heterocycles. The third-order valence-corrected chi connectivity index (χ3v) is 9.66. The van der Waals surface area contributed by atoms with E-state index in [4.69, 9.17) is 15.1 Å². The Balaban J connectivity index is 1.37. The van der Waals surface area contributed by atoms with Gasteiger partial charge in [-0.25, -0.2) is 23.1 Å². The number of aromatic nitrogens is 4. The Bertz CT molecular complexity index is 1910. The third kappa shape index (κ3) is 5.91. The number of fused-ring (bicyclic) bond motifs is 1. The molecule has 2 aromatic heterocycles. The fourth-order valence-corrected chi connectivity index (χ4v) is 7.00. The van der Waals surface area contributed by atoms with Gasteiger partial charge in [0, 0.05) is 32.6 Å². The molecule has 6 rings (SSSR count). The zero-order chi connectivity index (χ0) is 31.1. The van der Waals surface area contributed by atoms with Crippen LogP contribution in [-0.2, 0) is 22.6 Å². The van der Waals surface area contributed by atoms with Gasteiger partial charge in [0.05, 0.1) is 27.2 Å². The highest BCUT2D eigenvalue weighted by Crippen LogP contribution is 2.33. The van der Waals surface area contributed by atoms with Crippen LogP contribution in [0, 0.1) is 13.8 Å². The van der Waals surface area contributed by atoms with Crippen LogP contribution in [0.25, 0.3) is 16.7 Å². The summed E-state index contributed by atoms with van der Waals surface area (Å²) in [6.45, 7) is 4.98. The van der Waals surface area contributed by atoms with Crippen molar-refractivity contribution in [2.75, 3.05) is 31.1 Å². The second-order valence-corrected chi connectivity index (χ2v) is 12.9. The lowest BCUT2D eigenvalue weighted by atomic mass is 10.1. The lowest BCUT2D eigenvalue weighted by Gasteiger charge is -2.24. The van der Waals surface area contributed by atoms with Gasteiger partial charge in [-0.15, -0.1) is 0 Å². The van der Waals surface area contributed by atoms with Crippen molar-refractivity contribution >= 4 is 26.9 Å². The van der Waals surface area contributed by atoms with Gasteiger partial charge in [0.2, 0.25) is 10.0 Å². The van der Waals surface area contributed by atoms with Gasteiger partial charge in [-0.2, -0.15) is 22.6 Å². The lowest BCUT2D eigenvalue weighted by molar-refractivity contribution is -0.137. The molecule has 3 aromatic carbocycles. The summed E-state index contributed by atoms with van der Waals surface area (Å²) in [5.74, 6) is 1.27. The second kappa shape index (κ2) is 11.7. The maximum Gasteiger partial charge on any atom is 0.416 e. The van der Waals surface area contributed by atoms with Gasteiger partial charge in [-0.3, -0.25) is 0 Å². The predicted octanol–water partition coefficient (Wildman–Crippen LogP) is 5.94. The normalized spacial score (nSPS) is 15.1. The molecule has 44 heavy (non-hydrogen) atoms. The van der Waals surface area contributed by atoms with Crippen LogP contribution in [0.4, 0.5) is 19.0 Å². The molecule has 1 saturated heterocycles. The quantitative estimate of drug-likeness (QED) is 0.234. The highest BCUT2D eigenvalue weighted by Gasteiger charge is 2.34. The van der Waals surface area contributed by atoms with Crippen molar-refractivity contribution in [3.8, 4) is 5.69 Å². The van der Waals surface area contributed by atoms with E-state index in [2.05, 4.69) is 0 Å². The highest BCUT2D eigenvalue weighted by molar-refractivity contribution is 7.89. The molecule has 12 heteroatoms. The largest absolute Gasteiger partial charge is 0.416 e. The number of anilines is 1. The number of aryl methyl sites for hydroxylation is 2. The van der Waals surface area contributed by atoms with Crippen LogP contribution in [0.3, 0.4) is 0 Å². The highest BCUT2D eigenvalue weighted by atomic mass is 32.2. The number of alkyl halides is 3. The molecule has 0 amide bonds. The van der Waals surface area contributed by atoms with E-state index in [9.17, 15) is 21.6 Å². The molecule has 0 saturated carbocycles. The van der Waals surface area contributed by atoms with Crippen LogP contribution < -0.4 is 4.90 Å². The van der Waals surface area contributed by atoms with E-state index in [1.54, 1.807) is 4.68 Å². The minimum atomic E-state index is -4.64. The van der Waals surface area contributed by atoms with Gasteiger partial charge in [-0.05, 0) is 56.2 Å². The maximum absolute atomic E-state index is 13.5. The van der Waals surface area contributed by atoms with Crippen LogP contribution in [-0.4, -0.2) is 58.7 Å². The number of para-hydroxylation sites is 1. The minimum Gasteiger partial charge on any atom is -0.355 e. The summed E-state index contributed by atoms with van der Waals surface area (Å²) in [5.41, 5.74) is 3.45. The van der Waals surface area contributed by atoms with Crippen molar-refractivity contribution in [2.24, 2.45) is 0 Å². The number of halogens is 3. The number of sulfonamides is 1. The first-order valence-corrected chi connectivity index (χ1v) is 15.7. The average Bonchev–Trinajstić information content (AvgIpc) is 3.16. The van der Waals surface area contributed by atoms with Gasteiger partial charge in [-0.1, -0.05) is 54.1 Å². The Hall–Kier alpha value is -4.29. The lowest BCUT2D eigenvalue weighted by Crippen LogP contribution is -2.35. The molecule has 5 aromatic rings. The van der Waals surface area contributed by atoms with Crippen molar-refractivity contribution < 1.29 is 21.6 Å². The zero-order valence-corrected chi connectivity index (χ0v) is 25.1. The van der Waals surface area contributed by atoms with Crippen LogP contribution in [0.2, 0.25) is 0 Å². The summed E-state index contributed by atoms with van der Waals surface area (Å²) in [7, 11) is -4.15. The fourth-order valence-electron chi connectivity index (χ4n) is 5.48. The predicted molar refractivity (Wildman–Crippen MR) is 162 cm³/mol. The van der Waals surface area contributed by atoms with E-state index < -0.39 is 21.8 Å². The first-order valence-electron chi connectivity index (χ1n) is 14.3. The molecular formula is C32H31F3N6O2S. The van der Waals surface area contributed by atoms with Crippen molar-refractivity contribution in [2.45, 2.75) is 37.8 Å². The smallest absolute Gasteiger partial charge is 0.355 e. The molecule has 0 spiro atoms. The standard InChI is InChI=1S/C32H31F3N6O2S/c1-22-12-14-24(15-13-22)20-28-36-30(29-23(2)38-41(31(29)37-28)26-9-4-3-5-10-26)39-16-7-17-40(19-18-39)44(42,43)27-11-6-8-25(21-27)32(33,34)35/h3-6,8-15,21H,7,16-20H2,1-2H3. The van der Waals surface area contributed by atoms with E-state index in [0.29, 0.717) is 49.3 Å². The molecule has 0 unspecified atom stereocenters. The fraction of sp³-hybridized carbons (Fsp3) is 0.281. The number of hydrogen-bond acceptors (Lipinski definition) is 6. The number of rotatable bonds is 6. The van der Waals surface area contributed by atoms with Gasteiger partial charge in [0.25, 0.3) is 0 Å². The zero-order valence-electron chi connectivity index (χ0n) is 24.3. The first kappa shape index (κ1) is 29.8. The van der Waals surface area contributed by atoms with Crippen LogP contribution in [0.5, 0.6) is 0 Å². The van der Waals surface area contributed by atoms with E-state index in [0.717, 1.165) is 40.0 Å². The first-order chi connectivity index (χ1) is 21.0. The summed E-state index contributed by atoms with van der Waals surface area (Å²) >= 11 is 0. The van der Waals surface area contributed by atoms with Crippen molar-refractivity contribution in [3.63, 3.8) is 0 Å². The monoisotopic (exact) mass is 620 g/mol.